The first-order valence-corrected chi connectivity index (χ1v) is 1.84. The van der Waals surface area contributed by atoms with E-state index in [4.69, 9.17) is 15.2 Å². The molecular weight excluding hydrogens is 145 g/mol. The van der Waals surface area contributed by atoms with Gasteiger partial charge in [0.2, 0.25) is 0 Å². The predicted octanol–water partition coefficient (Wildman–Crippen LogP) is -3.71. The number of carbonyl (C=O) groups excluding carboxylic acids is 1. The molecule has 0 aliphatic carbocycles. The fourth-order valence-electron chi connectivity index (χ4n) is 0.146. The van der Waals surface area contributed by atoms with Gasteiger partial charge in [-0.3, -0.25) is 0 Å². The number of carbonyl (C=O) groups is 2. The van der Waals surface area contributed by atoms with Crippen LogP contribution < -0.4 is 0 Å². The number of rotatable bonds is 1. The van der Waals surface area contributed by atoms with Gasteiger partial charge in [0, 0.05) is 0 Å². The molecule has 0 fully saturated rings. The molecular formula is C2H5BLi2O6. The fourth-order valence-corrected chi connectivity index (χ4v) is 0.146. The van der Waals surface area contributed by atoms with Crippen molar-refractivity contribution in [3.05, 3.63) is 0 Å². The maximum atomic E-state index is 9.81. The van der Waals surface area contributed by atoms with Gasteiger partial charge in [-0.2, -0.15) is 0 Å². The first-order valence-electron chi connectivity index (χ1n) is 1.84. The Morgan fingerprint density at radius 3 is 1.64 bits per heavy atom. The average Bonchev–Trinajstić information content (AvgIpc) is 1.63. The predicted molar refractivity (Wildman–Crippen MR) is 38.2 cm³/mol. The minimum absolute atomic E-state index is 0. The van der Waals surface area contributed by atoms with E-state index >= 15 is 0 Å². The Kier molecular flexibility index (Phi) is 12.9. The van der Waals surface area contributed by atoms with Crippen LogP contribution in [0.2, 0.25) is 0 Å². The van der Waals surface area contributed by atoms with Gasteiger partial charge in [0.1, 0.15) is 0 Å². The van der Waals surface area contributed by atoms with E-state index in [0.717, 1.165) is 0 Å². The maximum absolute atomic E-state index is 9.81. The van der Waals surface area contributed by atoms with E-state index in [0.29, 0.717) is 0 Å². The molecule has 6 nitrogen and oxygen atoms in total. The number of hydrogen-bond acceptors (Lipinski definition) is 5. The molecule has 0 aromatic heterocycles. The van der Waals surface area contributed by atoms with Gasteiger partial charge in [0.05, 0.1) is 0 Å². The topological polar surface area (TPSA) is 104 Å². The van der Waals surface area contributed by atoms with Crippen LogP contribution in [0.15, 0.2) is 0 Å². The SMILES string of the molecule is O=C(O)C(=O)OB(O)O.[LiH].[LiH]. The molecule has 11 heavy (non-hydrogen) atoms. The molecule has 0 saturated heterocycles. The molecule has 0 aromatic rings. The number of carboxylic acid groups (broad SMARTS) is 1. The van der Waals surface area contributed by atoms with Gasteiger partial charge >= 0.3 is 57.0 Å². The van der Waals surface area contributed by atoms with Gasteiger partial charge < -0.3 is 19.8 Å². The summed E-state index contributed by atoms with van der Waals surface area (Å²) < 4.78 is 3.38. The molecule has 0 amide bonds. The van der Waals surface area contributed by atoms with Crippen molar-refractivity contribution in [2.24, 2.45) is 0 Å². The second-order valence-corrected chi connectivity index (χ2v) is 1.04. The molecule has 0 heterocycles. The zero-order valence-electron chi connectivity index (χ0n) is 4.14. The first-order chi connectivity index (χ1) is 4.04. The zero-order valence-corrected chi connectivity index (χ0v) is 4.14. The molecule has 0 aromatic carbocycles. The van der Waals surface area contributed by atoms with Crippen molar-refractivity contribution in [3.8, 4) is 0 Å². The fraction of sp³-hybridized carbons (Fsp3) is 0. The quantitative estimate of drug-likeness (QED) is 0.262. The van der Waals surface area contributed by atoms with Crippen LogP contribution in [0.1, 0.15) is 0 Å². The van der Waals surface area contributed by atoms with Crippen LogP contribution in [0.3, 0.4) is 0 Å². The Morgan fingerprint density at radius 1 is 1.18 bits per heavy atom. The summed E-state index contributed by atoms with van der Waals surface area (Å²) in [6.07, 6.45) is 0. The van der Waals surface area contributed by atoms with Gasteiger partial charge in [0.15, 0.2) is 0 Å². The molecule has 0 atom stereocenters. The van der Waals surface area contributed by atoms with Crippen molar-refractivity contribution in [2.45, 2.75) is 0 Å². The summed E-state index contributed by atoms with van der Waals surface area (Å²) in [7, 11) is -2.37. The van der Waals surface area contributed by atoms with Crippen molar-refractivity contribution < 1.29 is 29.4 Å². The van der Waals surface area contributed by atoms with Crippen LogP contribution in [0.25, 0.3) is 0 Å². The van der Waals surface area contributed by atoms with Gasteiger partial charge in [-0.25, -0.2) is 9.59 Å². The van der Waals surface area contributed by atoms with Crippen LogP contribution in [0.4, 0.5) is 0 Å². The molecule has 3 N–H and O–H groups in total. The third kappa shape index (κ3) is 10.1. The van der Waals surface area contributed by atoms with Crippen molar-refractivity contribution in [1.29, 1.82) is 0 Å². The van der Waals surface area contributed by atoms with Crippen LogP contribution in [-0.2, 0) is 14.2 Å². The molecule has 54 valence electrons. The third-order valence-electron chi connectivity index (χ3n) is 0.387. The van der Waals surface area contributed by atoms with E-state index in [9.17, 15) is 9.59 Å². The Morgan fingerprint density at radius 2 is 1.55 bits per heavy atom. The summed E-state index contributed by atoms with van der Waals surface area (Å²) in [6.45, 7) is 0. The van der Waals surface area contributed by atoms with E-state index in [1.807, 2.05) is 0 Å². The van der Waals surface area contributed by atoms with Crippen LogP contribution in [0, 0.1) is 0 Å². The normalized spacial score (nSPS) is 6.73. The molecule has 0 radical (unpaired) electrons. The summed E-state index contributed by atoms with van der Waals surface area (Å²) in [5, 5.41) is 23.4. The van der Waals surface area contributed by atoms with Crippen molar-refractivity contribution >= 4 is 57.0 Å². The average molecular weight is 150 g/mol. The summed E-state index contributed by atoms with van der Waals surface area (Å²) >= 11 is 0. The van der Waals surface area contributed by atoms with Gasteiger partial charge in [-0.05, 0) is 0 Å². The molecule has 0 saturated carbocycles. The van der Waals surface area contributed by atoms with Crippen molar-refractivity contribution in [2.75, 3.05) is 0 Å². The second kappa shape index (κ2) is 8.22. The van der Waals surface area contributed by atoms with Crippen molar-refractivity contribution in [1.82, 2.24) is 0 Å². The standard InChI is InChI=1S/C2H3BO6.2Li.2H/c4-1(5)2(6)9-3(7)8;;;;/h7-8H,(H,4,5);;;;. The van der Waals surface area contributed by atoms with Gasteiger partial charge in [0.25, 0.3) is 0 Å². The summed E-state index contributed by atoms with van der Waals surface area (Å²) in [6, 6.07) is 0. The molecule has 0 aliphatic heterocycles. The van der Waals surface area contributed by atoms with E-state index in [1.54, 1.807) is 0 Å². The Hall–Kier alpha value is 0.120. The van der Waals surface area contributed by atoms with Crippen molar-refractivity contribution in [3.63, 3.8) is 0 Å². The molecule has 0 aliphatic rings. The number of aliphatic carboxylic acids is 1. The van der Waals surface area contributed by atoms with Crippen LogP contribution in [0.5, 0.6) is 0 Å². The zero-order chi connectivity index (χ0) is 7.44. The molecule has 0 bridgehead atoms. The Balaban J connectivity index is -0.000000320. The molecule has 0 unspecified atom stereocenters. The summed E-state index contributed by atoms with van der Waals surface area (Å²) in [4.78, 5) is 19.3. The first kappa shape index (κ1) is 17.3. The second-order valence-electron chi connectivity index (χ2n) is 1.04. The molecule has 0 rings (SSSR count). The number of hydrogen-bond donors (Lipinski definition) is 3. The minimum atomic E-state index is -2.37. The summed E-state index contributed by atoms with van der Waals surface area (Å²) in [5.74, 6) is -3.58. The van der Waals surface area contributed by atoms with Gasteiger partial charge in [-0.1, -0.05) is 0 Å². The third-order valence-corrected chi connectivity index (χ3v) is 0.387. The van der Waals surface area contributed by atoms with E-state index in [2.05, 4.69) is 4.65 Å². The van der Waals surface area contributed by atoms with Gasteiger partial charge in [-0.15, -0.1) is 0 Å². The number of carboxylic acids is 1. The Labute approximate surface area is 86.4 Å². The van der Waals surface area contributed by atoms with E-state index in [-0.39, 0.29) is 37.7 Å². The molecule has 0 spiro atoms. The summed E-state index contributed by atoms with van der Waals surface area (Å²) in [5.41, 5.74) is 0. The van der Waals surface area contributed by atoms with E-state index < -0.39 is 19.3 Å². The monoisotopic (exact) mass is 150 g/mol. The van der Waals surface area contributed by atoms with Crippen LogP contribution >= 0.6 is 0 Å². The van der Waals surface area contributed by atoms with E-state index in [1.165, 1.54) is 0 Å². The van der Waals surface area contributed by atoms with Crippen LogP contribution in [-0.4, -0.2) is 72.1 Å². The molecule has 9 heteroatoms. The Bertz CT molecular complexity index is 137.